The van der Waals surface area contributed by atoms with Gasteiger partial charge in [-0.05, 0) is 6.42 Å². The van der Waals surface area contributed by atoms with Gasteiger partial charge < -0.3 is 5.32 Å². The molecule has 68 valence electrons. The minimum atomic E-state index is -0.369. The maximum Gasteiger partial charge on any atom is 0.290 e. The molecule has 1 atom stereocenters. The van der Waals surface area contributed by atoms with E-state index in [0.717, 1.165) is 6.42 Å². The minimum absolute atomic E-state index is 0.0702. The summed E-state index contributed by atoms with van der Waals surface area (Å²) in [7, 11) is 0. The molecule has 0 spiro atoms. The molecule has 0 aromatic heterocycles. The Balaban J connectivity index is 2.41. The molecule has 1 heterocycles. The van der Waals surface area contributed by atoms with Crippen molar-refractivity contribution in [1.29, 1.82) is 0 Å². The number of fused-ring (bicyclic) bond motifs is 1. The molecule has 0 aromatic rings. The van der Waals surface area contributed by atoms with Gasteiger partial charge in [0.2, 0.25) is 0 Å². The molecule has 0 aromatic carbocycles. The van der Waals surface area contributed by atoms with Crippen molar-refractivity contribution in [2.45, 2.75) is 12.5 Å². The Labute approximate surface area is 75.0 Å². The fourth-order valence-corrected chi connectivity index (χ4v) is 1.53. The normalized spacial score (nSPS) is 25.4. The van der Waals surface area contributed by atoms with E-state index in [1.807, 2.05) is 0 Å². The molecule has 1 aliphatic carbocycles. The second-order valence-corrected chi connectivity index (χ2v) is 2.92. The Morgan fingerprint density at radius 1 is 1.69 bits per heavy atom. The van der Waals surface area contributed by atoms with Crippen LogP contribution in [0.3, 0.4) is 0 Å². The van der Waals surface area contributed by atoms with Gasteiger partial charge in [-0.3, -0.25) is 15.1 Å². The van der Waals surface area contributed by atoms with Gasteiger partial charge in [-0.2, -0.15) is 0 Å². The van der Waals surface area contributed by atoms with Crippen LogP contribution in [0.5, 0.6) is 0 Å². The highest BCUT2D eigenvalue weighted by molar-refractivity contribution is 5.63. The van der Waals surface area contributed by atoms with Crippen molar-refractivity contribution in [3.8, 4) is 0 Å². The topological polar surface area (TPSA) is 67.5 Å². The molecule has 0 saturated carbocycles. The third-order valence-corrected chi connectivity index (χ3v) is 2.11. The zero-order chi connectivity index (χ0) is 9.26. The van der Waals surface area contributed by atoms with Gasteiger partial charge in [0.1, 0.15) is 5.70 Å². The van der Waals surface area contributed by atoms with Gasteiger partial charge in [0.15, 0.2) is 0 Å². The van der Waals surface area contributed by atoms with Crippen LogP contribution in [-0.4, -0.2) is 23.7 Å². The molecule has 13 heavy (non-hydrogen) atoms. The van der Waals surface area contributed by atoms with E-state index in [0.29, 0.717) is 12.2 Å². The predicted octanol–water partition coefficient (Wildman–Crippen LogP) is 0.477. The number of allylic oxidation sites excluding steroid dienone is 1. The Morgan fingerprint density at radius 3 is 3.31 bits per heavy atom. The number of hydrogen-bond acceptors (Lipinski definition) is 4. The van der Waals surface area contributed by atoms with E-state index in [9.17, 15) is 10.1 Å². The van der Waals surface area contributed by atoms with Crippen LogP contribution < -0.4 is 5.32 Å². The van der Waals surface area contributed by atoms with Crippen molar-refractivity contribution < 1.29 is 4.92 Å². The van der Waals surface area contributed by atoms with E-state index in [1.54, 1.807) is 18.4 Å². The monoisotopic (exact) mass is 179 g/mol. The van der Waals surface area contributed by atoms with E-state index in [-0.39, 0.29) is 16.7 Å². The lowest BCUT2D eigenvalue weighted by Crippen LogP contribution is -2.33. The zero-order valence-electron chi connectivity index (χ0n) is 6.93. The smallest absolute Gasteiger partial charge is 0.290 e. The predicted molar refractivity (Wildman–Crippen MR) is 48.1 cm³/mol. The first-order valence-electron chi connectivity index (χ1n) is 4.09. The average Bonchev–Trinajstić information content (AvgIpc) is 2.17. The van der Waals surface area contributed by atoms with Crippen LogP contribution in [-0.2, 0) is 0 Å². The maximum absolute atomic E-state index is 10.6. The standard InChI is InChI=1S/C8H9N3O2/c12-11(13)7-3-1-2-6-8(7)10-5-4-9-6/h1,3-4,6,10H,2,5H2. The number of nitro groups is 1. The molecule has 0 radical (unpaired) electrons. The molecule has 2 rings (SSSR count). The molecule has 5 heteroatoms. The number of aliphatic imine (C=N–C) groups is 1. The van der Waals surface area contributed by atoms with Crippen LogP contribution in [0.15, 0.2) is 28.5 Å². The van der Waals surface area contributed by atoms with Crippen LogP contribution in [0.1, 0.15) is 6.42 Å². The second kappa shape index (κ2) is 3.01. The second-order valence-electron chi connectivity index (χ2n) is 2.92. The maximum atomic E-state index is 10.6. The Kier molecular flexibility index (Phi) is 1.84. The largest absolute Gasteiger partial charge is 0.376 e. The van der Waals surface area contributed by atoms with Crippen LogP contribution in [0.4, 0.5) is 0 Å². The zero-order valence-corrected chi connectivity index (χ0v) is 6.93. The fraction of sp³-hybridized carbons (Fsp3) is 0.375. The van der Waals surface area contributed by atoms with Crippen LogP contribution in [0.2, 0.25) is 0 Å². The third-order valence-electron chi connectivity index (χ3n) is 2.11. The van der Waals surface area contributed by atoms with Crippen molar-refractivity contribution >= 4 is 6.21 Å². The summed E-state index contributed by atoms with van der Waals surface area (Å²) in [5.74, 6) is 0. The van der Waals surface area contributed by atoms with E-state index in [2.05, 4.69) is 10.3 Å². The van der Waals surface area contributed by atoms with E-state index in [1.165, 1.54) is 0 Å². The quantitative estimate of drug-likeness (QED) is 0.470. The highest BCUT2D eigenvalue weighted by Gasteiger charge is 2.27. The molecule has 1 aliphatic heterocycles. The lowest BCUT2D eigenvalue weighted by molar-refractivity contribution is -0.421. The lowest BCUT2D eigenvalue weighted by Gasteiger charge is -2.21. The van der Waals surface area contributed by atoms with E-state index in [4.69, 9.17) is 0 Å². The van der Waals surface area contributed by atoms with Crippen molar-refractivity contribution in [1.82, 2.24) is 5.32 Å². The summed E-state index contributed by atoms with van der Waals surface area (Å²) in [4.78, 5) is 14.4. The van der Waals surface area contributed by atoms with E-state index < -0.39 is 0 Å². The molecule has 0 saturated heterocycles. The summed E-state index contributed by atoms with van der Waals surface area (Å²) in [6.07, 6.45) is 5.83. The molecule has 0 bridgehead atoms. The number of nitrogens with zero attached hydrogens (tertiary/aromatic N) is 2. The summed E-state index contributed by atoms with van der Waals surface area (Å²) in [6, 6.07) is -0.0702. The van der Waals surface area contributed by atoms with Gasteiger partial charge in [0.25, 0.3) is 5.70 Å². The average molecular weight is 179 g/mol. The van der Waals surface area contributed by atoms with Gasteiger partial charge in [-0.15, -0.1) is 0 Å². The van der Waals surface area contributed by atoms with Crippen molar-refractivity contribution in [3.05, 3.63) is 33.7 Å². The molecule has 1 N–H and O–H groups in total. The van der Waals surface area contributed by atoms with Crippen LogP contribution >= 0.6 is 0 Å². The van der Waals surface area contributed by atoms with Crippen LogP contribution in [0, 0.1) is 10.1 Å². The first kappa shape index (κ1) is 7.97. The number of hydrogen-bond donors (Lipinski definition) is 1. The van der Waals surface area contributed by atoms with Gasteiger partial charge in [-0.25, -0.2) is 0 Å². The SMILES string of the molecule is O=[N+]([O-])C1=C2NCC=NC2CC=C1. The number of rotatable bonds is 1. The van der Waals surface area contributed by atoms with E-state index >= 15 is 0 Å². The van der Waals surface area contributed by atoms with Crippen molar-refractivity contribution in [2.24, 2.45) is 4.99 Å². The molecule has 2 aliphatic rings. The fourth-order valence-electron chi connectivity index (χ4n) is 1.53. The van der Waals surface area contributed by atoms with Crippen LogP contribution in [0.25, 0.3) is 0 Å². The van der Waals surface area contributed by atoms with Gasteiger partial charge in [0, 0.05) is 18.8 Å². The Bertz CT molecular complexity index is 330. The molecule has 0 amide bonds. The summed E-state index contributed by atoms with van der Waals surface area (Å²) in [6.45, 7) is 0.580. The summed E-state index contributed by atoms with van der Waals surface area (Å²) in [5, 5.41) is 13.6. The minimum Gasteiger partial charge on any atom is -0.376 e. The molecule has 5 nitrogen and oxygen atoms in total. The molecular formula is C8H9N3O2. The third kappa shape index (κ3) is 1.32. The first-order chi connectivity index (χ1) is 6.29. The number of nitrogens with one attached hydrogen (secondary N) is 1. The summed E-state index contributed by atoms with van der Waals surface area (Å²) < 4.78 is 0. The lowest BCUT2D eigenvalue weighted by atomic mass is 10.0. The van der Waals surface area contributed by atoms with Gasteiger partial charge in [-0.1, -0.05) is 6.08 Å². The van der Waals surface area contributed by atoms with Crippen molar-refractivity contribution in [3.63, 3.8) is 0 Å². The van der Waals surface area contributed by atoms with Gasteiger partial charge in [0.05, 0.1) is 11.0 Å². The molecule has 1 unspecified atom stereocenters. The van der Waals surface area contributed by atoms with Gasteiger partial charge >= 0.3 is 0 Å². The molecule has 0 fully saturated rings. The Hall–Kier alpha value is -1.65. The van der Waals surface area contributed by atoms with Crippen molar-refractivity contribution in [2.75, 3.05) is 6.54 Å². The Morgan fingerprint density at radius 2 is 2.54 bits per heavy atom. The highest BCUT2D eigenvalue weighted by atomic mass is 16.6. The highest BCUT2D eigenvalue weighted by Crippen LogP contribution is 2.21. The first-order valence-corrected chi connectivity index (χ1v) is 4.09. The molecular weight excluding hydrogens is 170 g/mol. The summed E-state index contributed by atoms with van der Waals surface area (Å²) in [5.41, 5.74) is 0.795. The summed E-state index contributed by atoms with van der Waals surface area (Å²) >= 11 is 0.